The number of para-hydroxylation sites is 1. The number of hydrogen-bond donors (Lipinski definition) is 0. The SMILES string of the molecule is Cc1nc2c(F)cccc2n1-c1nc(N=S(C)(C)=O)cc(N2CCOC[C@H]2C)n1. The predicted molar refractivity (Wildman–Crippen MR) is 111 cm³/mol. The lowest BCUT2D eigenvalue weighted by Gasteiger charge is -2.34. The minimum Gasteiger partial charge on any atom is -0.377 e. The quantitative estimate of drug-likeness (QED) is 0.650. The third kappa shape index (κ3) is 3.95. The van der Waals surface area contributed by atoms with E-state index < -0.39 is 15.5 Å². The van der Waals surface area contributed by atoms with Crippen molar-refractivity contribution in [3.63, 3.8) is 0 Å². The summed E-state index contributed by atoms with van der Waals surface area (Å²) in [6, 6.07) is 6.61. The maximum Gasteiger partial charge on any atom is 0.239 e. The molecule has 3 heterocycles. The van der Waals surface area contributed by atoms with Gasteiger partial charge in [0.25, 0.3) is 0 Å². The van der Waals surface area contributed by atoms with E-state index in [0.717, 1.165) is 0 Å². The third-order valence-corrected chi connectivity index (χ3v) is 5.29. The molecule has 0 N–H and O–H groups in total. The largest absolute Gasteiger partial charge is 0.377 e. The van der Waals surface area contributed by atoms with E-state index in [1.807, 2.05) is 6.92 Å². The molecule has 154 valence electrons. The van der Waals surface area contributed by atoms with Crippen LogP contribution in [0, 0.1) is 12.7 Å². The Morgan fingerprint density at radius 1 is 1.28 bits per heavy atom. The van der Waals surface area contributed by atoms with Gasteiger partial charge >= 0.3 is 0 Å². The number of anilines is 1. The first-order chi connectivity index (χ1) is 13.7. The van der Waals surface area contributed by atoms with Gasteiger partial charge in [-0.3, -0.25) is 4.57 Å². The minimum atomic E-state index is -2.43. The summed E-state index contributed by atoms with van der Waals surface area (Å²) in [4.78, 5) is 15.7. The molecule has 8 nitrogen and oxygen atoms in total. The molecule has 1 aromatic carbocycles. The molecule has 1 atom stereocenters. The number of nitrogens with zero attached hydrogens (tertiary/aromatic N) is 6. The van der Waals surface area contributed by atoms with Crippen molar-refractivity contribution >= 4 is 32.4 Å². The maximum atomic E-state index is 14.2. The van der Waals surface area contributed by atoms with E-state index in [1.54, 1.807) is 42.2 Å². The van der Waals surface area contributed by atoms with Crippen LogP contribution in [0.25, 0.3) is 17.0 Å². The van der Waals surface area contributed by atoms with Gasteiger partial charge in [-0.25, -0.2) is 13.6 Å². The molecule has 0 unspecified atom stereocenters. The molecular weight excluding hydrogens is 395 g/mol. The number of ether oxygens (including phenoxy) is 1. The summed E-state index contributed by atoms with van der Waals surface area (Å²) < 4.78 is 38.0. The highest BCUT2D eigenvalue weighted by Crippen LogP contribution is 2.27. The average Bonchev–Trinajstić information content (AvgIpc) is 2.98. The number of benzene rings is 1. The van der Waals surface area contributed by atoms with Gasteiger partial charge in [-0.1, -0.05) is 6.07 Å². The molecule has 1 fully saturated rings. The Kier molecular flexibility index (Phi) is 4.99. The number of rotatable bonds is 3. The van der Waals surface area contributed by atoms with Gasteiger partial charge in [0.1, 0.15) is 17.2 Å². The molecule has 1 aliphatic heterocycles. The molecule has 1 aliphatic rings. The molecule has 0 spiro atoms. The summed E-state index contributed by atoms with van der Waals surface area (Å²) in [6.07, 6.45) is 3.11. The number of imidazole rings is 1. The Morgan fingerprint density at radius 2 is 2.07 bits per heavy atom. The fourth-order valence-electron chi connectivity index (χ4n) is 3.43. The fourth-order valence-corrected chi connectivity index (χ4v) is 3.97. The first-order valence-corrected chi connectivity index (χ1v) is 11.6. The molecule has 3 aromatic rings. The van der Waals surface area contributed by atoms with Crippen LogP contribution < -0.4 is 4.90 Å². The zero-order valence-electron chi connectivity index (χ0n) is 16.8. The van der Waals surface area contributed by atoms with E-state index in [0.29, 0.717) is 48.7 Å². The Morgan fingerprint density at radius 3 is 2.79 bits per heavy atom. The highest BCUT2D eigenvalue weighted by molar-refractivity contribution is 7.92. The van der Waals surface area contributed by atoms with Gasteiger partial charge < -0.3 is 9.64 Å². The number of hydrogen-bond acceptors (Lipinski definition) is 7. The standard InChI is InChI=1S/C19H23FN6O2S/c1-12-11-28-9-8-25(12)17-10-16(24-29(3,4)27)22-19(23-17)26-13(2)21-18-14(20)6-5-7-15(18)26/h5-7,10,12H,8-9,11H2,1-4H3/t12-/m1/s1. The van der Waals surface area contributed by atoms with Crippen LogP contribution >= 0.6 is 0 Å². The number of morpholine rings is 1. The monoisotopic (exact) mass is 418 g/mol. The van der Waals surface area contributed by atoms with Crippen LogP contribution in [0.15, 0.2) is 28.6 Å². The molecule has 0 bridgehead atoms. The van der Waals surface area contributed by atoms with Crippen molar-refractivity contribution in [2.45, 2.75) is 19.9 Å². The first kappa shape index (κ1) is 19.7. The normalized spacial score (nSPS) is 17.7. The highest BCUT2D eigenvalue weighted by Gasteiger charge is 2.23. The number of halogens is 1. The van der Waals surface area contributed by atoms with Gasteiger partial charge in [0, 0.05) is 34.9 Å². The van der Waals surface area contributed by atoms with Crippen LogP contribution in [-0.4, -0.2) is 62.0 Å². The summed E-state index contributed by atoms with van der Waals surface area (Å²) in [5.74, 6) is 1.44. The lowest BCUT2D eigenvalue weighted by atomic mass is 10.2. The van der Waals surface area contributed by atoms with Crippen molar-refractivity contribution in [1.29, 1.82) is 0 Å². The second-order valence-corrected chi connectivity index (χ2v) is 9.92. The van der Waals surface area contributed by atoms with Gasteiger partial charge in [0.15, 0.2) is 11.6 Å². The van der Waals surface area contributed by atoms with E-state index in [-0.39, 0.29) is 11.6 Å². The number of aromatic nitrogens is 4. The average molecular weight is 418 g/mol. The lowest BCUT2D eigenvalue weighted by molar-refractivity contribution is 0.0985. The minimum absolute atomic E-state index is 0.116. The molecule has 29 heavy (non-hydrogen) atoms. The molecule has 2 aromatic heterocycles. The van der Waals surface area contributed by atoms with Gasteiger partial charge in [0.05, 0.1) is 24.8 Å². The van der Waals surface area contributed by atoms with Gasteiger partial charge in [0.2, 0.25) is 5.95 Å². The van der Waals surface area contributed by atoms with Gasteiger partial charge in [-0.15, -0.1) is 0 Å². The first-order valence-electron chi connectivity index (χ1n) is 9.27. The third-order valence-electron chi connectivity index (χ3n) is 4.67. The van der Waals surface area contributed by atoms with Crippen molar-refractivity contribution in [1.82, 2.24) is 19.5 Å². The lowest BCUT2D eigenvalue weighted by Crippen LogP contribution is -2.44. The molecule has 0 amide bonds. The van der Waals surface area contributed by atoms with Gasteiger partial charge in [-0.05, 0) is 26.0 Å². The van der Waals surface area contributed by atoms with E-state index >= 15 is 0 Å². The van der Waals surface area contributed by atoms with E-state index in [4.69, 9.17) is 9.72 Å². The summed E-state index contributed by atoms with van der Waals surface area (Å²) in [5, 5.41) is 0. The molecule has 0 radical (unpaired) electrons. The van der Waals surface area contributed by atoms with Crippen LogP contribution in [0.5, 0.6) is 0 Å². The van der Waals surface area contributed by atoms with E-state index in [2.05, 4.69) is 19.2 Å². The number of aryl methyl sites for hydroxylation is 1. The Hall–Kier alpha value is -2.59. The van der Waals surface area contributed by atoms with Crippen LogP contribution in [0.1, 0.15) is 12.7 Å². The van der Waals surface area contributed by atoms with Crippen LogP contribution in [0.3, 0.4) is 0 Å². The zero-order chi connectivity index (χ0) is 20.8. The molecular formula is C19H23FN6O2S. The Bertz CT molecular complexity index is 1190. The van der Waals surface area contributed by atoms with E-state index in [1.165, 1.54) is 6.07 Å². The Labute approximate surface area is 168 Å². The van der Waals surface area contributed by atoms with Crippen LogP contribution in [-0.2, 0) is 14.5 Å². The molecule has 4 rings (SSSR count). The Balaban J connectivity index is 1.95. The predicted octanol–water partition coefficient (Wildman–Crippen LogP) is 2.85. The molecule has 10 heteroatoms. The van der Waals surface area contributed by atoms with Crippen molar-refractivity contribution in [3.05, 3.63) is 35.9 Å². The summed E-state index contributed by atoms with van der Waals surface area (Å²) in [6.45, 7) is 5.66. The van der Waals surface area contributed by atoms with Crippen molar-refractivity contribution in [2.24, 2.45) is 4.36 Å². The van der Waals surface area contributed by atoms with E-state index in [9.17, 15) is 8.60 Å². The molecule has 1 saturated heterocycles. The second kappa shape index (κ2) is 7.34. The second-order valence-electron chi connectivity index (χ2n) is 7.38. The molecule has 0 aliphatic carbocycles. The fraction of sp³-hybridized carbons (Fsp3) is 0.421. The molecule has 0 saturated carbocycles. The maximum absolute atomic E-state index is 14.2. The summed E-state index contributed by atoms with van der Waals surface area (Å²) in [7, 11) is -2.43. The van der Waals surface area contributed by atoms with Crippen molar-refractivity contribution < 1.29 is 13.3 Å². The van der Waals surface area contributed by atoms with Crippen LogP contribution in [0.4, 0.5) is 16.0 Å². The summed E-state index contributed by atoms with van der Waals surface area (Å²) in [5.41, 5.74) is 0.821. The smallest absolute Gasteiger partial charge is 0.239 e. The zero-order valence-corrected chi connectivity index (χ0v) is 17.6. The van der Waals surface area contributed by atoms with Gasteiger partial charge in [-0.2, -0.15) is 14.3 Å². The van der Waals surface area contributed by atoms with Crippen molar-refractivity contribution in [3.8, 4) is 5.95 Å². The topological polar surface area (TPSA) is 85.5 Å². The number of fused-ring (bicyclic) bond motifs is 1. The summed E-state index contributed by atoms with van der Waals surface area (Å²) >= 11 is 0. The highest BCUT2D eigenvalue weighted by atomic mass is 32.2. The van der Waals surface area contributed by atoms with Crippen molar-refractivity contribution in [2.75, 3.05) is 37.2 Å². The van der Waals surface area contributed by atoms with Crippen LogP contribution in [0.2, 0.25) is 0 Å².